The van der Waals surface area contributed by atoms with Gasteiger partial charge < -0.3 is 4.52 Å². The van der Waals surface area contributed by atoms with E-state index in [0.717, 1.165) is 28.6 Å². The van der Waals surface area contributed by atoms with E-state index in [-0.39, 0.29) is 0 Å². The number of fused-ring (bicyclic) bond motifs is 1. The Labute approximate surface area is 71.2 Å². The van der Waals surface area contributed by atoms with Crippen LogP contribution in [-0.2, 0) is 6.42 Å². The van der Waals surface area contributed by atoms with Crippen LogP contribution < -0.4 is 0 Å². The molecule has 1 heterocycles. The molecule has 0 bridgehead atoms. The summed E-state index contributed by atoms with van der Waals surface area (Å²) in [6.07, 6.45) is 0.927. The minimum absolute atomic E-state index is 0.925. The van der Waals surface area contributed by atoms with Crippen LogP contribution >= 0.6 is 0 Å². The Bertz CT molecular complexity index is 403. The van der Waals surface area contributed by atoms with Gasteiger partial charge in [0.2, 0.25) is 0 Å². The molecule has 62 valence electrons. The number of aromatic nitrogens is 1. The van der Waals surface area contributed by atoms with Gasteiger partial charge in [-0.1, -0.05) is 24.2 Å². The number of nitrogens with zero attached hydrogens (tertiary/aromatic N) is 1. The number of rotatable bonds is 1. The quantitative estimate of drug-likeness (QED) is 0.642. The smallest absolute Gasteiger partial charge is 0.170 e. The Kier molecular flexibility index (Phi) is 1.61. The second-order valence-corrected chi connectivity index (χ2v) is 2.93. The Morgan fingerprint density at radius 2 is 2.25 bits per heavy atom. The fourth-order valence-corrected chi connectivity index (χ4v) is 1.41. The maximum Gasteiger partial charge on any atom is 0.170 e. The summed E-state index contributed by atoms with van der Waals surface area (Å²) < 4.78 is 5.22. The summed E-state index contributed by atoms with van der Waals surface area (Å²) in [5, 5.41) is 5.15. The van der Waals surface area contributed by atoms with Gasteiger partial charge in [-0.15, -0.1) is 0 Å². The highest BCUT2D eigenvalue weighted by Gasteiger charge is 2.06. The van der Waals surface area contributed by atoms with Gasteiger partial charge in [-0.05, 0) is 25.0 Å². The van der Waals surface area contributed by atoms with Crippen molar-refractivity contribution < 1.29 is 4.52 Å². The van der Waals surface area contributed by atoms with Crippen molar-refractivity contribution in [3.63, 3.8) is 0 Å². The van der Waals surface area contributed by atoms with Crippen molar-refractivity contribution in [3.8, 4) is 0 Å². The maximum absolute atomic E-state index is 5.22. The number of para-hydroxylation sites is 1. The first kappa shape index (κ1) is 7.35. The number of benzene rings is 1. The van der Waals surface area contributed by atoms with Crippen LogP contribution in [0.3, 0.4) is 0 Å². The molecule has 0 aliphatic carbocycles. The molecule has 12 heavy (non-hydrogen) atoms. The van der Waals surface area contributed by atoms with E-state index in [1.165, 1.54) is 0 Å². The third kappa shape index (κ3) is 0.916. The molecule has 0 fully saturated rings. The van der Waals surface area contributed by atoms with Crippen molar-refractivity contribution in [1.29, 1.82) is 0 Å². The molecule has 2 rings (SSSR count). The molecule has 0 aliphatic rings. The van der Waals surface area contributed by atoms with Crippen LogP contribution in [0.4, 0.5) is 0 Å². The van der Waals surface area contributed by atoms with Gasteiger partial charge in [0, 0.05) is 5.39 Å². The second kappa shape index (κ2) is 2.63. The summed E-state index contributed by atoms with van der Waals surface area (Å²) in [6, 6.07) is 6.12. The zero-order chi connectivity index (χ0) is 8.55. The van der Waals surface area contributed by atoms with Gasteiger partial charge in [-0.3, -0.25) is 0 Å². The third-order valence-corrected chi connectivity index (χ3v) is 2.10. The zero-order valence-electron chi connectivity index (χ0n) is 7.29. The van der Waals surface area contributed by atoms with Crippen LogP contribution in [0.25, 0.3) is 11.0 Å². The predicted molar refractivity (Wildman–Crippen MR) is 48.1 cm³/mol. The highest BCUT2D eigenvalue weighted by atomic mass is 16.5. The maximum atomic E-state index is 5.22. The average Bonchev–Trinajstić information content (AvgIpc) is 2.49. The fraction of sp³-hybridized carbons (Fsp3) is 0.300. The summed E-state index contributed by atoms with van der Waals surface area (Å²) in [6.45, 7) is 4.12. The molecule has 2 heteroatoms. The molecule has 1 aromatic heterocycles. The van der Waals surface area contributed by atoms with Crippen molar-refractivity contribution in [2.45, 2.75) is 20.3 Å². The first-order valence-corrected chi connectivity index (χ1v) is 4.16. The normalized spacial score (nSPS) is 10.8. The Morgan fingerprint density at radius 3 is 3.00 bits per heavy atom. The molecule has 0 unspecified atom stereocenters. The van der Waals surface area contributed by atoms with Crippen LogP contribution in [0, 0.1) is 6.92 Å². The Morgan fingerprint density at radius 1 is 1.42 bits per heavy atom. The van der Waals surface area contributed by atoms with Gasteiger partial charge in [0.1, 0.15) is 0 Å². The van der Waals surface area contributed by atoms with E-state index in [9.17, 15) is 0 Å². The molecule has 0 N–H and O–H groups in total. The number of hydrogen-bond acceptors (Lipinski definition) is 2. The summed E-state index contributed by atoms with van der Waals surface area (Å²) in [4.78, 5) is 0. The standard InChI is InChI=1S/C10H11NO/c1-3-9-8-6-4-5-7(2)10(8)12-11-9/h4-6H,3H2,1-2H3. The van der Waals surface area contributed by atoms with E-state index in [2.05, 4.69) is 18.1 Å². The highest BCUT2D eigenvalue weighted by molar-refractivity contribution is 5.82. The minimum Gasteiger partial charge on any atom is -0.356 e. The van der Waals surface area contributed by atoms with E-state index in [1.54, 1.807) is 0 Å². The molecule has 0 aliphatic heterocycles. The zero-order valence-corrected chi connectivity index (χ0v) is 7.29. The molecule has 0 atom stereocenters. The molecular formula is C10H11NO. The molecule has 0 saturated carbocycles. The molecule has 0 amide bonds. The topological polar surface area (TPSA) is 26.0 Å². The lowest BCUT2D eigenvalue weighted by Gasteiger charge is -1.91. The minimum atomic E-state index is 0.925. The van der Waals surface area contributed by atoms with Crippen molar-refractivity contribution in [2.75, 3.05) is 0 Å². The van der Waals surface area contributed by atoms with Crippen molar-refractivity contribution in [2.24, 2.45) is 0 Å². The van der Waals surface area contributed by atoms with Gasteiger partial charge in [0.25, 0.3) is 0 Å². The first-order valence-electron chi connectivity index (χ1n) is 4.16. The Hall–Kier alpha value is -1.31. The van der Waals surface area contributed by atoms with Gasteiger partial charge >= 0.3 is 0 Å². The lowest BCUT2D eigenvalue weighted by Crippen LogP contribution is -1.78. The average molecular weight is 161 g/mol. The van der Waals surface area contributed by atoms with Crippen LogP contribution in [0.5, 0.6) is 0 Å². The van der Waals surface area contributed by atoms with Gasteiger partial charge in [0.15, 0.2) is 5.58 Å². The van der Waals surface area contributed by atoms with Crippen LogP contribution in [0.2, 0.25) is 0 Å². The summed E-state index contributed by atoms with van der Waals surface area (Å²) in [5.41, 5.74) is 3.13. The van der Waals surface area contributed by atoms with Crippen LogP contribution in [-0.4, -0.2) is 5.16 Å². The van der Waals surface area contributed by atoms with Crippen molar-refractivity contribution in [1.82, 2.24) is 5.16 Å². The lowest BCUT2D eigenvalue weighted by atomic mass is 10.1. The van der Waals surface area contributed by atoms with E-state index >= 15 is 0 Å². The highest BCUT2D eigenvalue weighted by Crippen LogP contribution is 2.21. The largest absolute Gasteiger partial charge is 0.356 e. The van der Waals surface area contributed by atoms with Crippen molar-refractivity contribution >= 4 is 11.0 Å². The van der Waals surface area contributed by atoms with E-state index in [1.807, 2.05) is 19.1 Å². The number of hydrogen-bond donors (Lipinski definition) is 0. The van der Waals surface area contributed by atoms with E-state index in [4.69, 9.17) is 4.52 Å². The van der Waals surface area contributed by atoms with Gasteiger partial charge in [0.05, 0.1) is 5.69 Å². The SMILES string of the molecule is CCc1noc2c(C)cccc12. The molecular weight excluding hydrogens is 150 g/mol. The predicted octanol–water partition coefficient (Wildman–Crippen LogP) is 2.70. The third-order valence-electron chi connectivity index (χ3n) is 2.10. The molecule has 0 radical (unpaired) electrons. The fourth-order valence-electron chi connectivity index (χ4n) is 1.41. The molecule has 2 aromatic rings. The molecule has 0 spiro atoms. The van der Waals surface area contributed by atoms with Gasteiger partial charge in [-0.2, -0.15) is 0 Å². The van der Waals surface area contributed by atoms with Crippen LogP contribution in [0.15, 0.2) is 22.7 Å². The molecule has 2 nitrogen and oxygen atoms in total. The lowest BCUT2D eigenvalue weighted by molar-refractivity contribution is 0.446. The summed E-state index contributed by atoms with van der Waals surface area (Å²) >= 11 is 0. The van der Waals surface area contributed by atoms with E-state index < -0.39 is 0 Å². The summed E-state index contributed by atoms with van der Waals surface area (Å²) in [5.74, 6) is 0. The number of aryl methyl sites for hydroxylation is 2. The van der Waals surface area contributed by atoms with Gasteiger partial charge in [-0.25, -0.2) is 0 Å². The molecule has 0 saturated heterocycles. The van der Waals surface area contributed by atoms with Crippen LogP contribution in [0.1, 0.15) is 18.2 Å². The first-order chi connectivity index (χ1) is 5.83. The molecule has 1 aromatic carbocycles. The summed E-state index contributed by atoms with van der Waals surface area (Å²) in [7, 11) is 0. The Balaban J connectivity index is 2.80. The monoisotopic (exact) mass is 161 g/mol. The second-order valence-electron chi connectivity index (χ2n) is 2.93. The van der Waals surface area contributed by atoms with E-state index in [0.29, 0.717) is 0 Å². The van der Waals surface area contributed by atoms with Crippen molar-refractivity contribution in [3.05, 3.63) is 29.5 Å².